The summed E-state index contributed by atoms with van der Waals surface area (Å²) in [5.41, 5.74) is -0.123. The van der Waals surface area contributed by atoms with Gasteiger partial charge in [0.05, 0.1) is 6.20 Å². The van der Waals surface area contributed by atoms with E-state index in [0.29, 0.717) is 0 Å². The van der Waals surface area contributed by atoms with E-state index in [-0.39, 0.29) is 11.4 Å². The van der Waals surface area contributed by atoms with Crippen LogP contribution in [0.25, 0.3) is 0 Å². The van der Waals surface area contributed by atoms with Crippen LogP contribution >= 0.6 is 0 Å². The van der Waals surface area contributed by atoms with Crippen molar-refractivity contribution >= 4 is 15.8 Å². The summed E-state index contributed by atoms with van der Waals surface area (Å²) in [6.07, 6.45) is 1.07. The molecule has 0 unspecified atom stereocenters. The molecule has 1 aromatic rings. The number of nitrogens with zero attached hydrogens (tertiary/aromatic N) is 3. The van der Waals surface area contributed by atoms with Crippen LogP contribution in [0.1, 0.15) is 5.56 Å². The molecule has 1 rings (SSSR count). The van der Waals surface area contributed by atoms with Gasteiger partial charge in [0.25, 0.3) is 10.0 Å². The lowest BCUT2D eigenvalue weighted by Gasteiger charge is -2.06. The summed E-state index contributed by atoms with van der Waals surface area (Å²) in [6.45, 7) is 0. The van der Waals surface area contributed by atoms with E-state index in [0.717, 1.165) is 10.9 Å². The van der Waals surface area contributed by atoms with Gasteiger partial charge in [-0.25, -0.2) is 8.42 Å². The lowest BCUT2D eigenvalue weighted by atomic mass is 10.4. The van der Waals surface area contributed by atoms with Gasteiger partial charge in [-0.05, 0) is 0 Å². The van der Waals surface area contributed by atoms with Crippen molar-refractivity contribution in [2.24, 2.45) is 7.05 Å². The second kappa shape index (κ2) is 3.82. The maximum Gasteiger partial charge on any atom is 0.355 e. The highest BCUT2D eigenvalue weighted by molar-refractivity contribution is 7.92. The van der Waals surface area contributed by atoms with Crippen molar-refractivity contribution in [3.05, 3.63) is 11.8 Å². The summed E-state index contributed by atoms with van der Waals surface area (Å²) in [5, 5.41) is 12.1. The van der Waals surface area contributed by atoms with Crippen LogP contribution in [0.5, 0.6) is 0 Å². The average Bonchev–Trinajstić information content (AvgIpc) is 2.47. The SMILES string of the molecule is Cn1ncc(C#N)c1NS(=O)(=O)C(F)F. The Kier molecular flexibility index (Phi) is 2.90. The number of alkyl halides is 2. The van der Waals surface area contributed by atoms with Gasteiger partial charge in [0.2, 0.25) is 0 Å². The van der Waals surface area contributed by atoms with Crippen LogP contribution in [0, 0.1) is 11.3 Å². The summed E-state index contributed by atoms with van der Waals surface area (Å²) in [5.74, 6) is -3.84. The fraction of sp³-hybridized carbons (Fsp3) is 0.333. The van der Waals surface area contributed by atoms with Gasteiger partial charge in [0.1, 0.15) is 11.6 Å². The Morgan fingerprint density at radius 3 is 2.73 bits per heavy atom. The highest BCUT2D eigenvalue weighted by Crippen LogP contribution is 2.16. The van der Waals surface area contributed by atoms with Crippen molar-refractivity contribution in [1.82, 2.24) is 9.78 Å². The van der Waals surface area contributed by atoms with Gasteiger partial charge in [-0.1, -0.05) is 0 Å². The van der Waals surface area contributed by atoms with Gasteiger partial charge in [0.15, 0.2) is 5.82 Å². The molecule has 1 heterocycles. The lowest BCUT2D eigenvalue weighted by molar-refractivity contribution is 0.236. The van der Waals surface area contributed by atoms with Crippen LogP contribution in [0.2, 0.25) is 0 Å². The first kappa shape index (κ1) is 11.4. The Bertz CT molecular complexity index is 502. The number of hydrogen-bond acceptors (Lipinski definition) is 4. The molecular formula is C6H6F2N4O2S. The molecule has 0 amide bonds. The van der Waals surface area contributed by atoms with Gasteiger partial charge in [-0.2, -0.15) is 19.1 Å². The van der Waals surface area contributed by atoms with E-state index in [1.165, 1.54) is 7.05 Å². The highest BCUT2D eigenvalue weighted by atomic mass is 32.2. The molecule has 9 heteroatoms. The van der Waals surface area contributed by atoms with Crippen molar-refractivity contribution in [1.29, 1.82) is 5.26 Å². The molecule has 0 aromatic carbocycles. The van der Waals surface area contributed by atoms with Crippen LogP contribution in [0.4, 0.5) is 14.6 Å². The summed E-state index contributed by atoms with van der Waals surface area (Å²) in [6, 6.07) is 1.62. The zero-order chi connectivity index (χ0) is 11.6. The number of anilines is 1. The lowest BCUT2D eigenvalue weighted by Crippen LogP contribution is -2.22. The second-order valence-corrected chi connectivity index (χ2v) is 4.20. The van der Waals surface area contributed by atoms with Crippen molar-refractivity contribution in [2.45, 2.75) is 5.76 Å². The zero-order valence-electron chi connectivity index (χ0n) is 7.48. The van der Waals surface area contributed by atoms with Gasteiger partial charge >= 0.3 is 5.76 Å². The Morgan fingerprint density at radius 1 is 1.67 bits per heavy atom. The maximum absolute atomic E-state index is 12.0. The summed E-state index contributed by atoms with van der Waals surface area (Å²) >= 11 is 0. The first-order valence-electron chi connectivity index (χ1n) is 3.60. The third kappa shape index (κ3) is 2.21. The standard InChI is InChI=1S/C6H6F2N4O2S/c1-12-5(4(2-9)3-10-12)11-15(13,14)6(7)8/h3,6,11H,1H3. The average molecular weight is 236 g/mol. The molecule has 0 saturated carbocycles. The second-order valence-electron chi connectivity index (χ2n) is 2.55. The minimum absolute atomic E-state index is 0.123. The monoisotopic (exact) mass is 236 g/mol. The zero-order valence-corrected chi connectivity index (χ0v) is 8.29. The molecule has 1 aromatic heterocycles. The van der Waals surface area contributed by atoms with Gasteiger partial charge in [-0.15, -0.1) is 0 Å². The Hall–Kier alpha value is -1.69. The quantitative estimate of drug-likeness (QED) is 0.815. The van der Waals surface area contributed by atoms with E-state index in [2.05, 4.69) is 5.10 Å². The Balaban J connectivity index is 3.11. The minimum Gasteiger partial charge on any atom is -0.262 e. The Morgan fingerprint density at radius 2 is 2.27 bits per heavy atom. The molecule has 0 fully saturated rings. The smallest absolute Gasteiger partial charge is 0.262 e. The molecule has 6 nitrogen and oxygen atoms in total. The first-order chi connectivity index (χ1) is 6.88. The number of aromatic nitrogens is 2. The summed E-state index contributed by atoms with van der Waals surface area (Å²) in [7, 11) is -3.45. The molecule has 0 saturated heterocycles. The first-order valence-corrected chi connectivity index (χ1v) is 5.15. The van der Waals surface area contributed by atoms with Gasteiger partial charge < -0.3 is 0 Å². The number of nitrogens with one attached hydrogen (secondary N) is 1. The van der Waals surface area contributed by atoms with Crippen LogP contribution in [-0.2, 0) is 17.1 Å². The van der Waals surface area contributed by atoms with E-state index in [9.17, 15) is 17.2 Å². The number of aryl methyl sites for hydroxylation is 1. The molecule has 0 bridgehead atoms. The van der Waals surface area contributed by atoms with E-state index in [1.807, 2.05) is 0 Å². The molecule has 15 heavy (non-hydrogen) atoms. The third-order valence-corrected chi connectivity index (χ3v) is 2.48. The Labute approximate surface area is 84.2 Å². The van der Waals surface area contributed by atoms with Gasteiger partial charge in [0, 0.05) is 7.05 Å². The van der Waals surface area contributed by atoms with E-state index < -0.39 is 15.8 Å². The molecule has 82 valence electrons. The topological polar surface area (TPSA) is 87.8 Å². The normalized spacial score (nSPS) is 11.4. The summed E-state index contributed by atoms with van der Waals surface area (Å²) in [4.78, 5) is 0. The highest BCUT2D eigenvalue weighted by Gasteiger charge is 2.26. The van der Waals surface area contributed by atoms with E-state index in [1.54, 1.807) is 10.8 Å². The fourth-order valence-electron chi connectivity index (χ4n) is 0.820. The van der Waals surface area contributed by atoms with Crippen molar-refractivity contribution in [2.75, 3.05) is 4.72 Å². The number of halogens is 2. The molecule has 0 spiro atoms. The maximum atomic E-state index is 12.0. The molecule has 0 atom stereocenters. The molecule has 0 aliphatic rings. The van der Waals surface area contributed by atoms with Crippen LogP contribution < -0.4 is 4.72 Å². The molecule has 0 radical (unpaired) electrons. The summed E-state index contributed by atoms with van der Waals surface area (Å²) < 4.78 is 48.2. The molecule has 0 aliphatic heterocycles. The predicted octanol–water partition coefficient (Wildman–Crippen LogP) is 0.256. The number of hydrogen-bond donors (Lipinski definition) is 1. The van der Waals surface area contributed by atoms with Crippen molar-refractivity contribution in [3.8, 4) is 6.07 Å². The van der Waals surface area contributed by atoms with Crippen molar-refractivity contribution < 1.29 is 17.2 Å². The number of nitriles is 1. The van der Waals surface area contributed by atoms with Crippen molar-refractivity contribution in [3.63, 3.8) is 0 Å². The van der Waals surface area contributed by atoms with Crippen LogP contribution in [0.3, 0.4) is 0 Å². The molecular weight excluding hydrogens is 230 g/mol. The van der Waals surface area contributed by atoms with Gasteiger partial charge in [-0.3, -0.25) is 9.40 Å². The third-order valence-electron chi connectivity index (χ3n) is 1.53. The fourth-order valence-corrected chi connectivity index (χ4v) is 1.42. The minimum atomic E-state index is -4.77. The molecule has 1 N–H and O–H groups in total. The van der Waals surface area contributed by atoms with E-state index >= 15 is 0 Å². The van der Waals surface area contributed by atoms with E-state index in [4.69, 9.17) is 5.26 Å². The largest absolute Gasteiger partial charge is 0.355 e. The van der Waals surface area contributed by atoms with Crippen LogP contribution in [0.15, 0.2) is 6.20 Å². The number of rotatable bonds is 3. The van der Waals surface area contributed by atoms with Crippen LogP contribution in [-0.4, -0.2) is 24.0 Å². The predicted molar refractivity (Wildman–Crippen MR) is 46.5 cm³/mol. The molecule has 0 aliphatic carbocycles. The number of sulfonamides is 1.